The first-order valence-electron chi connectivity index (χ1n) is 5.05. The van der Waals surface area contributed by atoms with Crippen LogP contribution in [0.1, 0.15) is 23.2 Å². The minimum atomic E-state index is -0.122. The zero-order chi connectivity index (χ0) is 10.3. The maximum absolute atomic E-state index is 12.0. The highest BCUT2D eigenvalue weighted by molar-refractivity contribution is 5.93. The first-order chi connectivity index (χ1) is 7.34. The minimum absolute atomic E-state index is 0.0610. The molecular weight excluding hydrogens is 194 g/mol. The maximum Gasteiger partial charge on any atom is 0.281 e. The first-order valence-corrected chi connectivity index (χ1v) is 5.05. The summed E-state index contributed by atoms with van der Waals surface area (Å²) in [5.74, 6) is -0.122. The average Bonchev–Trinajstić information content (AvgIpc) is 2.83. The molecule has 2 unspecified atom stereocenters. The molecule has 1 aromatic rings. The van der Waals surface area contributed by atoms with Crippen LogP contribution in [0.25, 0.3) is 0 Å². The predicted molar refractivity (Wildman–Crippen MR) is 51.9 cm³/mol. The Hall–Kier alpha value is -1.55. The van der Waals surface area contributed by atoms with Crippen molar-refractivity contribution in [3.8, 4) is 0 Å². The van der Waals surface area contributed by atoms with E-state index in [2.05, 4.69) is 0 Å². The third kappa shape index (κ3) is 1.37. The van der Waals surface area contributed by atoms with Crippen molar-refractivity contribution in [1.29, 1.82) is 0 Å². The van der Waals surface area contributed by atoms with Crippen LogP contribution in [0.2, 0.25) is 0 Å². The Morgan fingerprint density at radius 3 is 2.87 bits per heavy atom. The van der Waals surface area contributed by atoms with Crippen molar-refractivity contribution < 1.29 is 14.0 Å². The normalized spacial score (nSPS) is 28.4. The molecule has 0 N–H and O–H groups in total. The van der Waals surface area contributed by atoms with E-state index < -0.39 is 0 Å². The van der Waals surface area contributed by atoms with Crippen molar-refractivity contribution in [2.24, 2.45) is 0 Å². The third-order valence-electron chi connectivity index (χ3n) is 2.81. The molecule has 0 aromatic carbocycles. The van der Waals surface area contributed by atoms with E-state index >= 15 is 0 Å². The zero-order valence-corrected chi connectivity index (χ0v) is 8.13. The number of nitrogens with zero attached hydrogens (tertiary/aromatic N) is 1. The Bertz CT molecular complexity index is 396. The van der Waals surface area contributed by atoms with Gasteiger partial charge in [-0.05, 0) is 18.9 Å². The molecule has 1 aliphatic carbocycles. The van der Waals surface area contributed by atoms with Crippen molar-refractivity contribution in [2.45, 2.75) is 25.0 Å². The molecule has 4 heteroatoms. The molecule has 1 fully saturated rings. The standard InChI is InChI=1S/C11H11NO3/c13-11(8-5-6-14-7-8)12-9-1-3-10(15-12)4-2-9/h1,3,5-7,9-10H,2,4H2. The van der Waals surface area contributed by atoms with Crippen LogP contribution in [0.5, 0.6) is 0 Å². The summed E-state index contributed by atoms with van der Waals surface area (Å²) in [6.07, 6.45) is 9.03. The highest BCUT2D eigenvalue weighted by Gasteiger charge is 2.34. The molecule has 0 saturated carbocycles. The Kier molecular flexibility index (Phi) is 1.89. The molecular formula is C11H11NO3. The Morgan fingerprint density at radius 2 is 2.33 bits per heavy atom. The molecule has 0 spiro atoms. The molecule has 1 amide bonds. The average molecular weight is 205 g/mol. The van der Waals surface area contributed by atoms with E-state index in [0.717, 1.165) is 12.8 Å². The quantitative estimate of drug-likeness (QED) is 0.656. The van der Waals surface area contributed by atoms with Gasteiger partial charge < -0.3 is 4.42 Å². The van der Waals surface area contributed by atoms with Crippen LogP contribution in [-0.4, -0.2) is 23.1 Å². The van der Waals surface area contributed by atoms with Gasteiger partial charge in [0.15, 0.2) is 0 Å². The lowest BCUT2D eigenvalue weighted by atomic mass is 9.98. The zero-order valence-electron chi connectivity index (χ0n) is 8.13. The van der Waals surface area contributed by atoms with Crippen molar-refractivity contribution >= 4 is 5.91 Å². The van der Waals surface area contributed by atoms with E-state index in [-0.39, 0.29) is 18.1 Å². The summed E-state index contributed by atoms with van der Waals surface area (Å²) in [5.41, 5.74) is 0.538. The lowest BCUT2D eigenvalue weighted by Crippen LogP contribution is -2.48. The fourth-order valence-corrected chi connectivity index (χ4v) is 2.00. The van der Waals surface area contributed by atoms with Gasteiger partial charge in [0.05, 0.1) is 17.9 Å². The van der Waals surface area contributed by atoms with Crippen LogP contribution in [0.3, 0.4) is 0 Å². The molecule has 4 rings (SSSR count). The second-order valence-electron chi connectivity index (χ2n) is 3.82. The van der Waals surface area contributed by atoms with Crippen LogP contribution in [-0.2, 0) is 4.84 Å². The van der Waals surface area contributed by atoms with Gasteiger partial charge in [-0.15, -0.1) is 0 Å². The fourth-order valence-electron chi connectivity index (χ4n) is 2.00. The number of rotatable bonds is 1. The van der Waals surface area contributed by atoms with Crippen molar-refractivity contribution in [1.82, 2.24) is 5.06 Å². The molecule has 2 aliphatic heterocycles. The topological polar surface area (TPSA) is 42.7 Å². The predicted octanol–water partition coefficient (Wildman–Crippen LogP) is 1.75. The monoisotopic (exact) mass is 205 g/mol. The fraction of sp³-hybridized carbons (Fsp3) is 0.364. The molecule has 4 nitrogen and oxygen atoms in total. The number of furan rings is 1. The van der Waals surface area contributed by atoms with Gasteiger partial charge in [0.1, 0.15) is 12.4 Å². The van der Waals surface area contributed by atoms with Gasteiger partial charge in [-0.2, -0.15) is 0 Å². The van der Waals surface area contributed by atoms with E-state index in [0.29, 0.717) is 5.56 Å². The van der Waals surface area contributed by atoms with Crippen molar-refractivity contribution in [3.63, 3.8) is 0 Å². The van der Waals surface area contributed by atoms with Gasteiger partial charge >= 0.3 is 0 Å². The summed E-state index contributed by atoms with van der Waals surface area (Å²) < 4.78 is 4.89. The Balaban J connectivity index is 1.84. The summed E-state index contributed by atoms with van der Waals surface area (Å²) in [5, 5.41) is 1.46. The molecule has 2 atom stereocenters. The van der Waals surface area contributed by atoms with Crippen LogP contribution < -0.4 is 0 Å². The molecule has 1 saturated heterocycles. The van der Waals surface area contributed by atoms with Crippen LogP contribution in [0.15, 0.2) is 35.2 Å². The number of hydrogen-bond donors (Lipinski definition) is 0. The molecule has 0 radical (unpaired) electrons. The highest BCUT2D eigenvalue weighted by atomic mass is 16.7. The van der Waals surface area contributed by atoms with E-state index in [1.54, 1.807) is 6.07 Å². The minimum Gasteiger partial charge on any atom is -0.472 e. The van der Waals surface area contributed by atoms with Crippen LogP contribution >= 0.6 is 0 Å². The van der Waals surface area contributed by atoms with Gasteiger partial charge in [0.25, 0.3) is 5.91 Å². The summed E-state index contributed by atoms with van der Waals surface area (Å²) >= 11 is 0. The van der Waals surface area contributed by atoms with Crippen LogP contribution in [0.4, 0.5) is 0 Å². The third-order valence-corrected chi connectivity index (χ3v) is 2.81. The maximum atomic E-state index is 12.0. The lowest BCUT2D eigenvalue weighted by Gasteiger charge is -2.39. The molecule has 1 aromatic heterocycles. The van der Waals surface area contributed by atoms with Gasteiger partial charge in [-0.3, -0.25) is 9.63 Å². The smallest absolute Gasteiger partial charge is 0.281 e. The van der Waals surface area contributed by atoms with E-state index in [1.165, 1.54) is 17.6 Å². The summed E-state index contributed by atoms with van der Waals surface area (Å²) in [6.45, 7) is 0. The van der Waals surface area contributed by atoms with E-state index in [1.807, 2.05) is 12.2 Å². The molecule has 3 aliphatic rings. The molecule has 3 heterocycles. The Morgan fingerprint density at radius 1 is 1.40 bits per heavy atom. The summed E-state index contributed by atoms with van der Waals surface area (Å²) in [6, 6.07) is 1.73. The second-order valence-corrected chi connectivity index (χ2v) is 3.82. The number of carbonyl (C=O) groups is 1. The van der Waals surface area contributed by atoms with Crippen molar-refractivity contribution in [2.75, 3.05) is 0 Å². The number of amides is 1. The van der Waals surface area contributed by atoms with Crippen LogP contribution in [0, 0.1) is 0 Å². The van der Waals surface area contributed by atoms with E-state index in [4.69, 9.17) is 9.25 Å². The first kappa shape index (κ1) is 8.73. The largest absolute Gasteiger partial charge is 0.472 e. The van der Waals surface area contributed by atoms with Gasteiger partial charge in [0, 0.05) is 0 Å². The Labute approximate surface area is 87.1 Å². The molecule has 78 valence electrons. The van der Waals surface area contributed by atoms with E-state index in [9.17, 15) is 4.79 Å². The van der Waals surface area contributed by atoms with Gasteiger partial charge in [0.2, 0.25) is 0 Å². The SMILES string of the molecule is O=C(c1ccoc1)N1OC2C=CC1CC2. The number of hydroxylamine groups is 2. The lowest BCUT2D eigenvalue weighted by molar-refractivity contribution is -0.197. The highest BCUT2D eigenvalue weighted by Crippen LogP contribution is 2.28. The molecule has 15 heavy (non-hydrogen) atoms. The summed E-state index contributed by atoms with van der Waals surface area (Å²) in [7, 11) is 0. The number of carbonyl (C=O) groups excluding carboxylic acids is 1. The van der Waals surface area contributed by atoms with Crippen molar-refractivity contribution in [3.05, 3.63) is 36.3 Å². The summed E-state index contributed by atoms with van der Waals surface area (Å²) in [4.78, 5) is 17.5. The number of hydrogen-bond acceptors (Lipinski definition) is 3. The second kappa shape index (κ2) is 3.24. The van der Waals surface area contributed by atoms with Gasteiger partial charge in [-0.25, -0.2) is 5.06 Å². The number of fused-ring (bicyclic) bond motifs is 2. The molecule has 2 bridgehead atoms. The van der Waals surface area contributed by atoms with Gasteiger partial charge in [-0.1, -0.05) is 12.2 Å².